The van der Waals surface area contributed by atoms with Gasteiger partial charge in [-0.15, -0.1) is 0 Å². The highest BCUT2D eigenvalue weighted by Gasteiger charge is 2.01. The first-order valence-electron chi connectivity index (χ1n) is 5.38. The van der Waals surface area contributed by atoms with Crippen molar-refractivity contribution in [2.24, 2.45) is 0 Å². The Morgan fingerprint density at radius 3 is 2.94 bits per heavy atom. The number of ether oxygens (including phenoxy) is 1. The molecule has 0 aliphatic heterocycles. The monoisotopic (exact) mass is 257 g/mol. The summed E-state index contributed by atoms with van der Waals surface area (Å²) in [6, 6.07) is 5.08. The minimum Gasteiger partial charge on any atom is -0.506 e. The summed E-state index contributed by atoms with van der Waals surface area (Å²) in [4.78, 5) is 10.8. The zero-order chi connectivity index (χ0) is 12.7. The van der Waals surface area contributed by atoms with Crippen molar-refractivity contribution in [1.29, 1.82) is 0 Å². The van der Waals surface area contributed by atoms with Crippen molar-refractivity contribution >= 4 is 17.6 Å². The molecule has 0 unspecified atom stereocenters. The number of carbonyl (C=O) groups is 1. The van der Waals surface area contributed by atoms with Gasteiger partial charge in [0.15, 0.2) is 0 Å². The molecule has 1 aromatic rings. The molecule has 2 N–H and O–H groups in total. The predicted octanol–water partition coefficient (Wildman–Crippen LogP) is 2.09. The van der Waals surface area contributed by atoms with E-state index in [2.05, 4.69) is 10.1 Å². The molecule has 94 valence electrons. The van der Waals surface area contributed by atoms with Crippen molar-refractivity contribution < 1.29 is 14.6 Å². The number of carbonyl (C=O) groups excluding carboxylic acids is 1. The Kier molecular flexibility index (Phi) is 5.80. The van der Waals surface area contributed by atoms with Gasteiger partial charge in [-0.05, 0) is 30.7 Å². The van der Waals surface area contributed by atoms with Gasteiger partial charge in [-0.3, -0.25) is 4.79 Å². The number of rotatable bonds is 6. The third-order valence-electron chi connectivity index (χ3n) is 2.30. The molecule has 0 aromatic heterocycles. The van der Waals surface area contributed by atoms with Crippen LogP contribution < -0.4 is 5.32 Å². The van der Waals surface area contributed by atoms with Gasteiger partial charge in [0.2, 0.25) is 0 Å². The van der Waals surface area contributed by atoms with Crippen LogP contribution in [0.2, 0.25) is 5.02 Å². The molecule has 0 aliphatic rings. The number of hydrogen-bond acceptors (Lipinski definition) is 4. The van der Waals surface area contributed by atoms with Gasteiger partial charge in [0.05, 0.1) is 12.1 Å². The molecule has 0 spiro atoms. The Hall–Kier alpha value is -1.26. The molecule has 4 nitrogen and oxygen atoms in total. The van der Waals surface area contributed by atoms with E-state index in [0.29, 0.717) is 18.0 Å². The second kappa shape index (κ2) is 7.14. The van der Waals surface area contributed by atoms with E-state index in [0.717, 1.165) is 18.5 Å². The second-order valence-corrected chi connectivity index (χ2v) is 4.05. The van der Waals surface area contributed by atoms with Crippen LogP contribution in [0.3, 0.4) is 0 Å². The molecule has 5 heteroatoms. The normalized spacial score (nSPS) is 10.2. The summed E-state index contributed by atoms with van der Waals surface area (Å²) in [5, 5.41) is 12.8. The van der Waals surface area contributed by atoms with Gasteiger partial charge in [0.1, 0.15) is 5.75 Å². The van der Waals surface area contributed by atoms with E-state index in [-0.39, 0.29) is 11.7 Å². The van der Waals surface area contributed by atoms with Crippen LogP contribution in [-0.2, 0) is 16.1 Å². The van der Waals surface area contributed by atoms with Gasteiger partial charge in [0.25, 0.3) is 0 Å². The average Bonchev–Trinajstić information content (AvgIpc) is 2.33. The van der Waals surface area contributed by atoms with E-state index in [1.54, 1.807) is 18.2 Å². The summed E-state index contributed by atoms with van der Waals surface area (Å²) >= 11 is 5.78. The van der Waals surface area contributed by atoms with Gasteiger partial charge in [-0.2, -0.15) is 0 Å². The van der Waals surface area contributed by atoms with E-state index in [1.807, 2.05) is 0 Å². The first kappa shape index (κ1) is 13.8. The van der Waals surface area contributed by atoms with Crippen molar-refractivity contribution in [3.8, 4) is 5.75 Å². The van der Waals surface area contributed by atoms with Gasteiger partial charge >= 0.3 is 5.97 Å². The summed E-state index contributed by atoms with van der Waals surface area (Å²) < 4.78 is 4.53. The number of benzene rings is 1. The summed E-state index contributed by atoms with van der Waals surface area (Å²) in [7, 11) is 1.38. The number of aromatic hydroxyl groups is 1. The third kappa shape index (κ3) is 5.06. The molecule has 0 saturated carbocycles. The maximum Gasteiger partial charge on any atom is 0.305 e. The lowest BCUT2D eigenvalue weighted by Gasteiger charge is -2.05. The maximum atomic E-state index is 10.8. The number of halogens is 1. The van der Waals surface area contributed by atoms with Crippen LogP contribution in [0.5, 0.6) is 5.75 Å². The fraction of sp³-hybridized carbons (Fsp3) is 0.417. The van der Waals surface area contributed by atoms with E-state index in [1.165, 1.54) is 7.11 Å². The molecule has 0 fully saturated rings. The largest absolute Gasteiger partial charge is 0.506 e. The van der Waals surface area contributed by atoms with Crippen LogP contribution in [-0.4, -0.2) is 24.7 Å². The standard InChI is InChI=1S/C12H16ClNO3/c1-17-12(16)3-2-6-14-8-9-4-5-11(15)10(13)7-9/h4-5,7,14-15H,2-3,6,8H2,1H3. The Labute approximate surface area is 106 Å². The Morgan fingerprint density at radius 1 is 1.53 bits per heavy atom. The van der Waals surface area contributed by atoms with E-state index < -0.39 is 0 Å². The van der Waals surface area contributed by atoms with Crippen LogP contribution >= 0.6 is 11.6 Å². The first-order chi connectivity index (χ1) is 8.13. The van der Waals surface area contributed by atoms with Crippen molar-refractivity contribution in [2.75, 3.05) is 13.7 Å². The molecular formula is C12H16ClNO3. The Balaban J connectivity index is 2.22. The lowest BCUT2D eigenvalue weighted by Crippen LogP contribution is -2.16. The fourth-order valence-electron chi connectivity index (χ4n) is 1.35. The van der Waals surface area contributed by atoms with E-state index >= 15 is 0 Å². The predicted molar refractivity (Wildman–Crippen MR) is 66.1 cm³/mol. The molecule has 1 rings (SSSR count). The van der Waals surface area contributed by atoms with Gasteiger partial charge in [0, 0.05) is 13.0 Å². The number of esters is 1. The van der Waals surface area contributed by atoms with Crippen LogP contribution in [0.15, 0.2) is 18.2 Å². The molecule has 0 heterocycles. The van der Waals surface area contributed by atoms with Gasteiger partial charge < -0.3 is 15.2 Å². The maximum absolute atomic E-state index is 10.8. The molecule has 0 atom stereocenters. The molecule has 0 radical (unpaired) electrons. The zero-order valence-electron chi connectivity index (χ0n) is 9.70. The molecule has 0 amide bonds. The van der Waals surface area contributed by atoms with E-state index in [9.17, 15) is 9.90 Å². The number of nitrogens with one attached hydrogen (secondary N) is 1. The van der Waals surface area contributed by atoms with Gasteiger partial charge in [-0.1, -0.05) is 17.7 Å². The molecule has 0 saturated heterocycles. The first-order valence-corrected chi connectivity index (χ1v) is 5.76. The molecular weight excluding hydrogens is 242 g/mol. The highest BCUT2D eigenvalue weighted by molar-refractivity contribution is 6.32. The smallest absolute Gasteiger partial charge is 0.305 e. The lowest BCUT2D eigenvalue weighted by molar-refractivity contribution is -0.140. The minimum absolute atomic E-state index is 0.0844. The highest BCUT2D eigenvalue weighted by atomic mass is 35.5. The zero-order valence-corrected chi connectivity index (χ0v) is 10.5. The van der Waals surface area contributed by atoms with Crippen LogP contribution in [0.4, 0.5) is 0 Å². The fourth-order valence-corrected chi connectivity index (χ4v) is 1.56. The molecule has 0 aliphatic carbocycles. The van der Waals surface area contributed by atoms with Crippen molar-refractivity contribution in [3.63, 3.8) is 0 Å². The Bertz CT molecular complexity index is 382. The third-order valence-corrected chi connectivity index (χ3v) is 2.61. The van der Waals surface area contributed by atoms with E-state index in [4.69, 9.17) is 11.6 Å². The van der Waals surface area contributed by atoms with Crippen molar-refractivity contribution in [3.05, 3.63) is 28.8 Å². The van der Waals surface area contributed by atoms with Crippen LogP contribution in [0.25, 0.3) is 0 Å². The quantitative estimate of drug-likeness (QED) is 0.605. The summed E-state index contributed by atoms with van der Waals surface area (Å²) in [5.74, 6) is -0.111. The van der Waals surface area contributed by atoms with Gasteiger partial charge in [-0.25, -0.2) is 0 Å². The summed E-state index contributed by atoms with van der Waals surface area (Å²) in [6.45, 7) is 1.38. The molecule has 0 bridgehead atoms. The number of phenols is 1. The SMILES string of the molecule is COC(=O)CCCNCc1ccc(O)c(Cl)c1. The summed E-state index contributed by atoms with van der Waals surface area (Å²) in [6.07, 6.45) is 1.15. The number of phenolic OH excluding ortho intramolecular Hbond substituents is 1. The topological polar surface area (TPSA) is 58.6 Å². The molecule has 17 heavy (non-hydrogen) atoms. The average molecular weight is 258 g/mol. The lowest BCUT2D eigenvalue weighted by atomic mass is 10.2. The Morgan fingerprint density at radius 2 is 2.29 bits per heavy atom. The minimum atomic E-state index is -0.195. The van der Waals surface area contributed by atoms with Crippen LogP contribution in [0, 0.1) is 0 Å². The second-order valence-electron chi connectivity index (χ2n) is 3.64. The highest BCUT2D eigenvalue weighted by Crippen LogP contribution is 2.23. The van der Waals surface area contributed by atoms with Crippen LogP contribution in [0.1, 0.15) is 18.4 Å². The molecule has 1 aromatic carbocycles. The van der Waals surface area contributed by atoms with Crippen molar-refractivity contribution in [1.82, 2.24) is 5.32 Å². The number of hydrogen-bond donors (Lipinski definition) is 2. The summed E-state index contributed by atoms with van der Waals surface area (Å²) in [5.41, 5.74) is 0.992. The van der Waals surface area contributed by atoms with Crippen molar-refractivity contribution in [2.45, 2.75) is 19.4 Å². The number of methoxy groups -OCH3 is 1.